The summed E-state index contributed by atoms with van der Waals surface area (Å²) in [6, 6.07) is 13.3. The smallest absolute Gasteiger partial charge is 0.329 e. The molecule has 6 nitrogen and oxygen atoms in total. The van der Waals surface area contributed by atoms with Crippen LogP contribution in [0.25, 0.3) is 0 Å². The van der Waals surface area contributed by atoms with Crippen LogP contribution >= 0.6 is 0 Å². The van der Waals surface area contributed by atoms with Crippen molar-refractivity contribution in [1.82, 2.24) is 4.90 Å². The largest absolute Gasteiger partial charge is 0.493 e. The SMILES string of the molecule is CCC1CCC(C(=O)O)(N(C)C(=O)c2ccc(OC)c(OCCc3cccc(C)c3)c2)CC1. The molecule has 1 N–H and O–H groups in total. The van der Waals surface area contributed by atoms with Gasteiger partial charge in [0.2, 0.25) is 0 Å². The van der Waals surface area contributed by atoms with E-state index in [4.69, 9.17) is 9.47 Å². The molecule has 1 saturated carbocycles. The second-order valence-electron chi connectivity index (χ2n) is 9.01. The van der Waals surface area contributed by atoms with Crippen LogP contribution in [0.4, 0.5) is 0 Å². The van der Waals surface area contributed by atoms with E-state index in [1.165, 1.54) is 16.0 Å². The molecule has 2 aromatic rings. The molecule has 0 atom stereocenters. The predicted molar refractivity (Wildman–Crippen MR) is 128 cm³/mol. The Labute approximate surface area is 196 Å². The van der Waals surface area contributed by atoms with Crippen molar-refractivity contribution in [2.75, 3.05) is 20.8 Å². The average molecular weight is 454 g/mol. The van der Waals surface area contributed by atoms with Crippen LogP contribution in [-0.4, -0.2) is 48.2 Å². The van der Waals surface area contributed by atoms with E-state index in [1.807, 2.05) is 6.07 Å². The number of carboxylic acid groups (broad SMARTS) is 1. The number of carbonyl (C=O) groups excluding carboxylic acids is 1. The van der Waals surface area contributed by atoms with Crippen LogP contribution in [0.1, 0.15) is 60.5 Å². The third kappa shape index (κ3) is 5.49. The number of carbonyl (C=O) groups is 2. The fraction of sp³-hybridized carbons (Fsp3) is 0.481. The number of hydrogen-bond acceptors (Lipinski definition) is 4. The van der Waals surface area contributed by atoms with E-state index in [1.54, 1.807) is 32.4 Å². The molecule has 0 spiro atoms. The topological polar surface area (TPSA) is 76.1 Å². The summed E-state index contributed by atoms with van der Waals surface area (Å²) in [5, 5.41) is 10.1. The summed E-state index contributed by atoms with van der Waals surface area (Å²) in [6.45, 7) is 4.62. The van der Waals surface area contributed by atoms with Crippen molar-refractivity contribution < 1.29 is 24.2 Å². The Bertz CT molecular complexity index is 978. The summed E-state index contributed by atoms with van der Waals surface area (Å²) >= 11 is 0. The molecule has 2 aromatic carbocycles. The normalized spacial score (nSPS) is 20.2. The summed E-state index contributed by atoms with van der Waals surface area (Å²) in [5.74, 6) is 0.281. The maximum absolute atomic E-state index is 13.4. The van der Waals surface area contributed by atoms with Crippen LogP contribution in [0.2, 0.25) is 0 Å². The number of likely N-dealkylation sites (N-methyl/N-ethyl adjacent to an activating group) is 1. The summed E-state index contributed by atoms with van der Waals surface area (Å²) in [6.07, 6.45) is 4.34. The van der Waals surface area contributed by atoms with Crippen molar-refractivity contribution >= 4 is 11.9 Å². The van der Waals surface area contributed by atoms with Crippen LogP contribution in [0.3, 0.4) is 0 Å². The first-order valence-corrected chi connectivity index (χ1v) is 11.7. The molecule has 33 heavy (non-hydrogen) atoms. The molecule has 178 valence electrons. The Morgan fingerprint density at radius 1 is 1.12 bits per heavy atom. The molecule has 1 aliphatic rings. The monoisotopic (exact) mass is 453 g/mol. The average Bonchev–Trinajstić information content (AvgIpc) is 2.83. The van der Waals surface area contributed by atoms with Crippen LogP contribution in [0, 0.1) is 12.8 Å². The molecular weight excluding hydrogens is 418 g/mol. The van der Waals surface area contributed by atoms with Gasteiger partial charge in [0.25, 0.3) is 5.91 Å². The molecule has 6 heteroatoms. The summed E-state index contributed by atoms with van der Waals surface area (Å²) in [5.41, 5.74) is 1.59. The zero-order chi connectivity index (χ0) is 24.0. The van der Waals surface area contributed by atoms with Crippen molar-refractivity contribution in [3.05, 3.63) is 59.2 Å². The molecule has 3 rings (SSSR count). The Morgan fingerprint density at radius 2 is 1.85 bits per heavy atom. The number of amides is 1. The highest BCUT2D eigenvalue weighted by molar-refractivity contribution is 5.98. The second-order valence-corrected chi connectivity index (χ2v) is 9.01. The number of benzene rings is 2. The Kier molecular flexibility index (Phi) is 8.01. The van der Waals surface area contributed by atoms with E-state index in [0.717, 1.165) is 25.7 Å². The lowest BCUT2D eigenvalue weighted by Crippen LogP contribution is -2.57. The van der Waals surface area contributed by atoms with E-state index in [9.17, 15) is 14.7 Å². The molecule has 1 amide bonds. The van der Waals surface area contributed by atoms with Gasteiger partial charge in [-0.2, -0.15) is 0 Å². The van der Waals surface area contributed by atoms with Crippen molar-refractivity contribution in [2.45, 2.75) is 57.9 Å². The maximum Gasteiger partial charge on any atom is 0.329 e. The lowest BCUT2D eigenvalue weighted by Gasteiger charge is -2.43. The second kappa shape index (κ2) is 10.7. The number of hydrogen-bond donors (Lipinski definition) is 1. The Balaban J connectivity index is 1.76. The molecule has 1 aliphatic carbocycles. The third-order valence-electron chi connectivity index (χ3n) is 7.00. The van der Waals surface area contributed by atoms with Crippen LogP contribution in [0.5, 0.6) is 11.5 Å². The fourth-order valence-corrected chi connectivity index (χ4v) is 4.71. The number of carboxylic acids is 1. The van der Waals surface area contributed by atoms with Gasteiger partial charge in [0, 0.05) is 19.0 Å². The van der Waals surface area contributed by atoms with E-state index >= 15 is 0 Å². The van der Waals surface area contributed by atoms with Gasteiger partial charge in [-0.25, -0.2) is 4.79 Å². The lowest BCUT2D eigenvalue weighted by atomic mass is 9.74. The lowest BCUT2D eigenvalue weighted by molar-refractivity contribution is -0.152. The molecule has 0 aromatic heterocycles. The van der Waals surface area contributed by atoms with Gasteiger partial charge in [-0.3, -0.25) is 4.79 Å². The van der Waals surface area contributed by atoms with Gasteiger partial charge >= 0.3 is 5.97 Å². The Morgan fingerprint density at radius 3 is 2.45 bits per heavy atom. The third-order valence-corrected chi connectivity index (χ3v) is 7.00. The zero-order valence-corrected chi connectivity index (χ0v) is 20.1. The first-order valence-electron chi connectivity index (χ1n) is 11.7. The number of methoxy groups -OCH3 is 1. The minimum Gasteiger partial charge on any atom is -0.493 e. The van der Waals surface area contributed by atoms with E-state index in [2.05, 4.69) is 32.0 Å². The molecule has 0 bridgehead atoms. The zero-order valence-electron chi connectivity index (χ0n) is 20.1. The van der Waals surface area contributed by atoms with E-state index < -0.39 is 11.5 Å². The maximum atomic E-state index is 13.4. The summed E-state index contributed by atoms with van der Waals surface area (Å²) in [7, 11) is 3.16. The van der Waals surface area contributed by atoms with Crippen molar-refractivity contribution in [3.63, 3.8) is 0 Å². The summed E-state index contributed by atoms with van der Waals surface area (Å²) in [4.78, 5) is 27.0. The minimum atomic E-state index is -1.17. The number of rotatable bonds is 9. The first kappa shape index (κ1) is 24.6. The van der Waals surface area contributed by atoms with Crippen LogP contribution in [-0.2, 0) is 11.2 Å². The van der Waals surface area contributed by atoms with Gasteiger partial charge in [-0.1, -0.05) is 43.2 Å². The van der Waals surface area contributed by atoms with E-state index in [-0.39, 0.29) is 5.91 Å². The number of ether oxygens (including phenoxy) is 2. The van der Waals surface area contributed by atoms with Crippen molar-refractivity contribution in [3.8, 4) is 11.5 Å². The standard InChI is InChI=1S/C27H35NO5/c1-5-20-11-14-27(15-12-20,26(30)31)28(3)25(29)22-9-10-23(32-4)24(18-22)33-16-13-21-8-6-7-19(2)17-21/h6-10,17-18,20H,5,11-16H2,1-4H3,(H,30,31). The number of nitrogens with zero attached hydrogens (tertiary/aromatic N) is 1. The quantitative estimate of drug-likeness (QED) is 0.570. The molecule has 0 aliphatic heterocycles. The highest BCUT2D eigenvalue weighted by Gasteiger charge is 2.47. The molecule has 1 fully saturated rings. The van der Waals surface area contributed by atoms with Gasteiger partial charge in [0.05, 0.1) is 13.7 Å². The van der Waals surface area contributed by atoms with Crippen molar-refractivity contribution in [2.24, 2.45) is 5.92 Å². The highest BCUT2D eigenvalue weighted by Crippen LogP contribution is 2.38. The predicted octanol–water partition coefficient (Wildman–Crippen LogP) is 5.12. The molecule has 0 radical (unpaired) electrons. The molecular formula is C27H35NO5. The van der Waals surface area contributed by atoms with Crippen molar-refractivity contribution in [1.29, 1.82) is 0 Å². The first-order chi connectivity index (χ1) is 15.8. The van der Waals surface area contributed by atoms with Crippen LogP contribution in [0.15, 0.2) is 42.5 Å². The molecule has 0 saturated heterocycles. The van der Waals surface area contributed by atoms with Gasteiger partial charge in [-0.15, -0.1) is 0 Å². The summed E-state index contributed by atoms with van der Waals surface area (Å²) < 4.78 is 11.4. The molecule has 0 heterocycles. The number of aliphatic carboxylic acids is 1. The Hall–Kier alpha value is -3.02. The van der Waals surface area contributed by atoms with Gasteiger partial charge in [-0.05, 0) is 62.3 Å². The molecule has 0 unspecified atom stereocenters. The van der Waals surface area contributed by atoms with Gasteiger partial charge < -0.3 is 19.5 Å². The van der Waals surface area contributed by atoms with Gasteiger partial charge in [0.1, 0.15) is 5.54 Å². The minimum absolute atomic E-state index is 0.321. The van der Waals surface area contributed by atoms with E-state index in [0.29, 0.717) is 42.4 Å². The highest BCUT2D eigenvalue weighted by atomic mass is 16.5. The fourth-order valence-electron chi connectivity index (χ4n) is 4.71. The van der Waals surface area contributed by atoms with Gasteiger partial charge in [0.15, 0.2) is 11.5 Å². The van der Waals surface area contributed by atoms with Crippen LogP contribution < -0.4 is 9.47 Å². The number of aryl methyl sites for hydroxylation is 1.